The highest BCUT2D eigenvalue weighted by Gasteiger charge is 2.18. The van der Waals surface area contributed by atoms with Crippen LogP contribution in [0.3, 0.4) is 0 Å². The van der Waals surface area contributed by atoms with Crippen molar-refractivity contribution >= 4 is 27.3 Å². The van der Waals surface area contributed by atoms with Crippen LogP contribution in [-0.4, -0.2) is 35.2 Å². The normalized spacial score (nSPS) is 12.8. The van der Waals surface area contributed by atoms with Crippen molar-refractivity contribution in [1.82, 2.24) is 4.72 Å². The number of methoxy groups -OCH3 is 2. The van der Waals surface area contributed by atoms with Crippen molar-refractivity contribution in [3.63, 3.8) is 0 Å². The molecule has 0 amide bonds. The minimum Gasteiger partial charge on any atom is -0.465 e. The molecule has 124 valence electrons. The largest absolute Gasteiger partial charge is 0.465 e. The Hall–Kier alpha value is -1.74. The lowest BCUT2D eigenvalue weighted by Gasteiger charge is -2.15. The third-order valence-corrected chi connectivity index (χ3v) is 5.38. The second-order valence-electron chi connectivity index (χ2n) is 4.65. The molecule has 0 unspecified atom stereocenters. The lowest BCUT2D eigenvalue weighted by molar-refractivity contribution is 0.0600. The molecule has 6 nitrogen and oxygen atoms in total. The van der Waals surface area contributed by atoms with Gasteiger partial charge in [0.1, 0.15) is 0 Å². The first-order valence-electron chi connectivity index (χ1n) is 6.71. The molecule has 2 rings (SSSR count). The number of esters is 1. The molecule has 0 fully saturated rings. The van der Waals surface area contributed by atoms with Crippen LogP contribution in [-0.2, 0) is 19.5 Å². The standard InChI is InChI=1S/C15H17NO5S2/c1-20-14(12-7-8-22-10-12)9-16-23(18,19)13-5-3-11(4-6-13)15(17)21-2/h3-8,10,14,16H,9H2,1-2H3/t14-/m1/s1. The molecule has 1 atom stereocenters. The zero-order chi connectivity index (χ0) is 16.9. The van der Waals surface area contributed by atoms with Crippen molar-refractivity contribution in [2.24, 2.45) is 0 Å². The number of hydrogen-bond donors (Lipinski definition) is 1. The van der Waals surface area contributed by atoms with E-state index in [2.05, 4.69) is 9.46 Å². The van der Waals surface area contributed by atoms with E-state index in [-0.39, 0.29) is 17.5 Å². The van der Waals surface area contributed by atoms with Crippen molar-refractivity contribution in [2.75, 3.05) is 20.8 Å². The maximum absolute atomic E-state index is 12.3. The minimum atomic E-state index is -3.68. The summed E-state index contributed by atoms with van der Waals surface area (Å²) in [5.74, 6) is -0.515. The molecule has 0 spiro atoms. The van der Waals surface area contributed by atoms with Gasteiger partial charge in [-0.25, -0.2) is 17.9 Å². The Bertz CT molecular complexity index is 739. The summed E-state index contributed by atoms with van der Waals surface area (Å²) in [6, 6.07) is 7.43. The molecule has 0 aliphatic rings. The molecule has 2 aromatic rings. The van der Waals surface area contributed by atoms with E-state index >= 15 is 0 Å². The molecular formula is C15H17NO5S2. The molecule has 0 saturated carbocycles. The first-order chi connectivity index (χ1) is 11.0. The zero-order valence-electron chi connectivity index (χ0n) is 12.7. The van der Waals surface area contributed by atoms with E-state index in [1.54, 1.807) is 0 Å². The zero-order valence-corrected chi connectivity index (χ0v) is 14.3. The summed E-state index contributed by atoms with van der Waals surface area (Å²) < 4.78 is 37.0. The second-order valence-corrected chi connectivity index (χ2v) is 7.20. The predicted molar refractivity (Wildman–Crippen MR) is 87.0 cm³/mol. The van der Waals surface area contributed by atoms with E-state index in [4.69, 9.17) is 4.74 Å². The summed E-state index contributed by atoms with van der Waals surface area (Å²) in [5, 5.41) is 3.81. The number of thiophene rings is 1. The first-order valence-corrected chi connectivity index (χ1v) is 9.13. The Morgan fingerprint density at radius 2 is 1.91 bits per heavy atom. The fourth-order valence-electron chi connectivity index (χ4n) is 1.95. The van der Waals surface area contributed by atoms with Gasteiger partial charge in [0.15, 0.2) is 0 Å². The maximum Gasteiger partial charge on any atom is 0.337 e. The number of carbonyl (C=O) groups excluding carboxylic acids is 1. The molecule has 0 bridgehead atoms. The van der Waals surface area contributed by atoms with Gasteiger partial charge in [-0.3, -0.25) is 0 Å². The third kappa shape index (κ3) is 4.38. The molecule has 1 heterocycles. The fourth-order valence-corrected chi connectivity index (χ4v) is 3.69. The van der Waals surface area contributed by atoms with Crippen LogP contribution in [0.1, 0.15) is 22.0 Å². The summed E-state index contributed by atoms with van der Waals surface area (Å²) in [6.07, 6.45) is -0.356. The molecule has 0 aliphatic carbocycles. The van der Waals surface area contributed by atoms with E-state index in [0.717, 1.165) is 5.56 Å². The number of nitrogens with one attached hydrogen (secondary N) is 1. The number of benzene rings is 1. The molecule has 8 heteroatoms. The minimum absolute atomic E-state index is 0.0744. The van der Waals surface area contributed by atoms with Crippen molar-refractivity contribution in [3.05, 3.63) is 52.2 Å². The SMILES string of the molecule is COC(=O)c1ccc(S(=O)(=O)NC[C@@H](OC)c2ccsc2)cc1. The Balaban J connectivity index is 2.08. The molecule has 0 saturated heterocycles. The molecule has 1 aromatic heterocycles. The molecule has 1 aromatic carbocycles. The van der Waals surface area contributed by atoms with Crippen LogP contribution in [0.15, 0.2) is 46.0 Å². The third-order valence-electron chi connectivity index (χ3n) is 3.24. The lowest BCUT2D eigenvalue weighted by Crippen LogP contribution is -2.29. The second kappa shape index (κ2) is 7.69. The summed E-state index contributed by atoms with van der Waals surface area (Å²) in [6.45, 7) is 0.119. The number of sulfonamides is 1. The van der Waals surface area contributed by atoms with Crippen LogP contribution in [0.4, 0.5) is 0 Å². The van der Waals surface area contributed by atoms with Gasteiger partial charge in [0.25, 0.3) is 0 Å². The highest BCUT2D eigenvalue weighted by Crippen LogP contribution is 2.19. The predicted octanol–water partition coefficient (Wildman–Crippen LogP) is 2.20. The Morgan fingerprint density at radius 3 is 2.43 bits per heavy atom. The monoisotopic (exact) mass is 355 g/mol. The molecule has 23 heavy (non-hydrogen) atoms. The quantitative estimate of drug-likeness (QED) is 0.770. The topological polar surface area (TPSA) is 81.7 Å². The van der Waals surface area contributed by atoms with Gasteiger partial charge < -0.3 is 9.47 Å². The van der Waals surface area contributed by atoms with Gasteiger partial charge in [0.2, 0.25) is 10.0 Å². The Labute approximate surface area is 139 Å². The Kier molecular flexibility index (Phi) is 5.89. The van der Waals surface area contributed by atoms with Gasteiger partial charge in [-0.05, 0) is 46.7 Å². The molecule has 0 radical (unpaired) electrons. The number of ether oxygens (including phenoxy) is 2. The summed E-state index contributed by atoms with van der Waals surface area (Å²) in [7, 11) is -0.887. The van der Waals surface area contributed by atoms with Crippen LogP contribution in [0.5, 0.6) is 0 Å². The summed E-state index contributed by atoms with van der Waals surface area (Å²) in [4.78, 5) is 11.4. The van der Waals surface area contributed by atoms with Crippen LogP contribution >= 0.6 is 11.3 Å². The van der Waals surface area contributed by atoms with Gasteiger partial charge in [0.05, 0.1) is 23.7 Å². The Morgan fingerprint density at radius 1 is 1.22 bits per heavy atom. The molecule has 0 aliphatic heterocycles. The maximum atomic E-state index is 12.3. The number of hydrogen-bond acceptors (Lipinski definition) is 6. The fraction of sp³-hybridized carbons (Fsp3) is 0.267. The van der Waals surface area contributed by atoms with Gasteiger partial charge in [-0.1, -0.05) is 0 Å². The number of rotatable bonds is 7. The van der Waals surface area contributed by atoms with Gasteiger partial charge >= 0.3 is 5.97 Å². The van der Waals surface area contributed by atoms with E-state index in [1.807, 2.05) is 16.8 Å². The first kappa shape index (κ1) is 17.6. The van der Waals surface area contributed by atoms with Crippen molar-refractivity contribution in [3.8, 4) is 0 Å². The summed E-state index contributed by atoms with van der Waals surface area (Å²) in [5.41, 5.74) is 1.21. The lowest BCUT2D eigenvalue weighted by atomic mass is 10.2. The van der Waals surface area contributed by atoms with E-state index in [9.17, 15) is 13.2 Å². The van der Waals surface area contributed by atoms with Crippen LogP contribution in [0.2, 0.25) is 0 Å². The van der Waals surface area contributed by atoms with E-state index in [0.29, 0.717) is 5.56 Å². The van der Waals surface area contributed by atoms with Crippen molar-refractivity contribution in [2.45, 2.75) is 11.0 Å². The highest BCUT2D eigenvalue weighted by molar-refractivity contribution is 7.89. The van der Waals surface area contributed by atoms with E-state index in [1.165, 1.54) is 49.8 Å². The van der Waals surface area contributed by atoms with Crippen LogP contribution in [0, 0.1) is 0 Å². The average molecular weight is 355 g/mol. The van der Waals surface area contributed by atoms with Gasteiger partial charge in [0, 0.05) is 13.7 Å². The average Bonchev–Trinajstić information content (AvgIpc) is 3.09. The van der Waals surface area contributed by atoms with Crippen molar-refractivity contribution in [1.29, 1.82) is 0 Å². The highest BCUT2D eigenvalue weighted by atomic mass is 32.2. The summed E-state index contributed by atoms with van der Waals surface area (Å²) >= 11 is 1.52. The smallest absolute Gasteiger partial charge is 0.337 e. The van der Waals surface area contributed by atoms with Gasteiger partial charge in [-0.15, -0.1) is 0 Å². The molecule has 1 N–H and O–H groups in total. The van der Waals surface area contributed by atoms with Crippen LogP contribution < -0.4 is 4.72 Å². The van der Waals surface area contributed by atoms with Gasteiger partial charge in [-0.2, -0.15) is 11.3 Å². The molecular weight excluding hydrogens is 338 g/mol. The van der Waals surface area contributed by atoms with Crippen molar-refractivity contribution < 1.29 is 22.7 Å². The van der Waals surface area contributed by atoms with E-state index < -0.39 is 16.0 Å². The van der Waals surface area contributed by atoms with Crippen LogP contribution in [0.25, 0.3) is 0 Å². The number of carbonyl (C=O) groups is 1.